The molecule has 0 saturated carbocycles. The van der Waals surface area contributed by atoms with Gasteiger partial charge in [-0.25, -0.2) is 0 Å². The molecular formula is C19H22N2O2. The maximum absolute atomic E-state index is 13.3. The van der Waals surface area contributed by atoms with E-state index in [0.717, 1.165) is 0 Å². The van der Waals surface area contributed by atoms with Gasteiger partial charge in [0.1, 0.15) is 11.9 Å². The van der Waals surface area contributed by atoms with E-state index in [4.69, 9.17) is 15.3 Å². The lowest BCUT2D eigenvalue weighted by Gasteiger charge is -2.48. The van der Waals surface area contributed by atoms with Gasteiger partial charge in [-0.15, -0.1) is 0 Å². The van der Waals surface area contributed by atoms with Crippen LogP contribution in [0.5, 0.6) is 5.75 Å². The van der Waals surface area contributed by atoms with Crippen molar-refractivity contribution < 1.29 is 9.53 Å². The molecule has 1 atom stereocenters. The first-order valence-corrected chi connectivity index (χ1v) is 7.91. The van der Waals surface area contributed by atoms with Crippen LogP contribution in [0.25, 0.3) is 0 Å². The van der Waals surface area contributed by atoms with Crippen molar-refractivity contribution in [1.82, 2.24) is 0 Å². The molecule has 4 nitrogen and oxygen atoms in total. The number of Topliss-reactive ketones (excluding diaryl/α,β-unsaturated/α-hetero) is 1. The highest BCUT2D eigenvalue weighted by Gasteiger charge is 2.54. The SMILES string of the molecule is CC(C)(C)C1Oc2ccccc2C(=O)C1(CCC#N)CCC#N. The van der Waals surface area contributed by atoms with Gasteiger partial charge in [0, 0.05) is 12.8 Å². The molecular weight excluding hydrogens is 288 g/mol. The van der Waals surface area contributed by atoms with Crippen LogP contribution in [-0.2, 0) is 0 Å². The Labute approximate surface area is 137 Å². The van der Waals surface area contributed by atoms with Crippen LogP contribution in [0.1, 0.15) is 56.8 Å². The Hall–Kier alpha value is -2.33. The zero-order valence-corrected chi connectivity index (χ0v) is 13.9. The topological polar surface area (TPSA) is 73.9 Å². The zero-order chi connectivity index (χ0) is 17.1. The van der Waals surface area contributed by atoms with E-state index in [1.54, 1.807) is 6.07 Å². The molecule has 1 aromatic carbocycles. The lowest BCUT2D eigenvalue weighted by atomic mass is 9.61. The number of hydrogen-bond acceptors (Lipinski definition) is 4. The molecule has 0 fully saturated rings. The van der Waals surface area contributed by atoms with E-state index in [-0.39, 0.29) is 30.1 Å². The fraction of sp³-hybridized carbons (Fsp3) is 0.526. The number of nitriles is 2. The maximum Gasteiger partial charge on any atom is 0.176 e. The van der Waals surface area contributed by atoms with Crippen molar-refractivity contribution in [2.75, 3.05) is 0 Å². The summed E-state index contributed by atoms with van der Waals surface area (Å²) in [5, 5.41) is 18.1. The predicted octanol–water partition coefficient (Wildman–Crippen LogP) is 4.27. The van der Waals surface area contributed by atoms with Crippen LogP contribution < -0.4 is 4.74 Å². The third kappa shape index (κ3) is 3.08. The fourth-order valence-corrected chi connectivity index (χ4v) is 3.56. The molecule has 0 spiro atoms. The summed E-state index contributed by atoms with van der Waals surface area (Å²) in [6.45, 7) is 6.10. The molecule has 1 unspecified atom stereocenters. The Morgan fingerprint density at radius 2 is 1.70 bits per heavy atom. The highest BCUT2D eigenvalue weighted by molar-refractivity contribution is 6.04. The van der Waals surface area contributed by atoms with Crippen LogP contribution >= 0.6 is 0 Å². The predicted molar refractivity (Wildman–Crippen MR) is 86.8 cm³/mol. The van der Waals surface area contributed by atoms with Crippen LogP contribution in [0.4, 0.5) is 0 Å². The van der Waals surface area contributed by atoms with Gasteiger partial charge in [-0.2, -0.15) is 10.5 Å². The number of para-hydroxylation sites is 1. The van der Waals surface area contributed by atoms with Gasteiger partial charge in [-0.05, 0) is 30.4 Å². The van der Waals surface area contributed by atoms with Gasteiger partial charge in [0.15, 0.2) is 5.78 Å². The van der Waals surface area contributed by atoms with Crippen molar-refractivity contribution in [1.29, 1.82) is 10.5 Å². The van der Waals surface area contributed by atoms with Gasteiger partial charge < -0.3 is 4.74 Å². The zero-order valence-electron chi connectivity index (χ0n) is 13.9. The van der Waals surface area contributed by atoms with Crippen LogP contribution in [-0.4, -0.2) is 11.9 Å². The second-order valence-corrected chi connectivity index (χ2v) is 7.16. The average molecular weight is 310 g/mol. The lowest BCUT2D eigenvalue weighted by molar-refractivity contribution is -0.0348. The minimum Gasteiger partial charge on any atom is -0.488 e. The summed E-state index contributed by atoms with van der Waals surface area (Å²) in [4.78, 5) is 13.3. The number of rotatable bonds is 4. The molecule has 23 heavy (non-hydrogen) atoms. The van der Waals surface area contributed by atoms with Crippen molar-refractivity contribution in [3.05, 3.63) is 29.8 Å². The molecule has 120 valence electrons. The third-order valence-corrected chi connectivity index (χ3v) is 4.48. The minimum absolute atomic E-state index is 0.00442. The van der Waals surface area contributed by atoms with Crippen LogP contribution in [0.2, 0.25) is 0 Å². The van der Waals surface area contributed by atoms with Crippen molar-refractivity contribution in [3.63, 3.8) is 0 Å². The Morgan fingerprint density at radius 1 is 1.13 bits per heavy atom. The number of fused-ring (bicyclic) bond motifs is 1. The number of benzene rings is 1. The largest absolute Gasteiger partial charge is 0.488 e. The summed E-state index contributed by atoms with van der Waals surface area (Å²) in [6.07, 6.45) is 1.02. The number of carbonyl (C=O) groups is 1. The van der Waals surface area contributed by atoms with Gasteiger partial charge in [0.05, 0.1) is 23.1 Å². The first kappa shape index (κ1) is 17.0. The van der Waals surface area contributed by atoms with Gasteiger partial charge in [0.2, 0.25) is 0 Å². The highest BCUT2D eigenvalue weighted by atomic mass is 16.5. The third-order valence-electron chi connectivity index (χ3n) is 4.48. The minimum atomic E-state index is -0.821. The van der Waals surface area contributed by atoms with Crippen LogP contribution in [0.3, 0.4) is 0 Å². The van der Waals surface area contributed by atoms with E-state index in [1.807, 2.05) is 39.0 Å². The molecule has 1 aliphatic rings. The molecule has 0 bridgehead atoms. The van der Waals surface area contributed by atoms with Crippen LogP contribution in [0, 0.1) is 33.5 Å². The second-order valence-electron chi connectivity index (χ2n) is 7.16. The summed E-state index contributed by atoms with van der Waals surface area (Å²) < 4.78 is 6.24. The molecule has 2 rings (SSSR count). The molecule has 1 aliphatic heterocycles. The summed E-state index contributed by atoms with van der Waals surface area (Å²) in [5.74, 6) is 0.603. The number of hydrogen-bond donors (Lipinski definition) is 0. The van der Waals surface area contributed by atoms with Gasteiger partial charge >= 0.3 is 0 Å². The Balaban J connectivity index is 2.59. The van der Waals surface area contributed by atoms with E-state index in [1.165, 1.54) is 0 Å². The van der Waals surface area contributed by atoms with Crippen molar-refractivity contribution in [2.24, 2.45) is 10.8 Å². The van der Waals surface area contributed by atoms with E-state index in [9.17, 15) is 4.79 Å². The number of ketones is 1. The number of carbonyl (C=O) groups excluding carboxylic acids is 1. The van der Waals surface area contributed by atoms with Gasteiger partial charge in [0.25, 0.3) is 0 Å². The Morgan fingerprint density at radius 3 is 2.22 bits per heavy atom. The normalized spacial score (nSPS) is 19.2. The smallest absolute Gasteiger partial charge is 0.176 e. The lowest BCUT2D eigenvalue weighted by Crippen LogP contribution is -2.54. The molecule has 0 amide bonds. The Bertz CT molecular complexity index is 656. The van der Waals surface area contributed by atoms with E-state index in [2.05, 4.69) is 12.1 Å². The molecule has 1 heterocycles. The molecule has 1 aromatic rings. The summed E-state index contributed by atoms with van der Waals surface area (Å²) in [6, 6.07) is 11.5. The highest BCUT2D eigenvalue weighted by Crippen LogP contribution is 2.50. The molecule has 4 heteroatoms. The summed E-state index contributed by atoms with van der Waals surface area (Å²) in [7, 11) is 0. The van der Waals surface area contributed by atoms with Crippen LogP contribution in [0.15, 0.2) is 24.3 Å². The molecule has 0 saturated heterocycles. The standard InChI is InChI=1S/C19H22N2O2/c1-18(2,3)17-19(10-6-12-20,11-7-13-21)16(22)14-8-4-5-9-15(14)23-17/h4-5,8-9,17H,6-7,10-11H2,1-3H3. The maximum atomic E-state index is 13.3. The quantitative estimate of drug-likeness (QED) is 0.832. The summed E-state index contributed by atoms with van der Waals surface area (Å²) in [5.41, 5.74) is -0.546. The van der Waals surface area contributed by atoms with Crippen molar-refractivity contribution in [3.8, 4) is 17.9 Å². The van der Waals surface area contributed by atoms with E-state index in [0.29, 0.717) is 24.2 Å². The van der Waals surface area contributed by atoms with Crippen molar-refractivity contribution >= 4 is 5.78 Å². The molecule has 0 N–H and O–H groups in total. The number of ether oxygens (including phenoxy) is 1. The fourth-order valence-electron chi connectivity index (χ4n) is 3.56. The van der Waals surface area contributed by atoms with Gasteiger partial charge in [-0.1, -0.05) is 32.9 Å². The molecule has 0 aliphatic carbocycles. The second kappa shape index (κ2) is 6.42. The summed E-state index contributed by atoms with van der Waals surface area (Å²) >= 11 is 0. The monoisotopic (exact) mass is 310 g/mol. The first-order chi connectivity index (χ1) is 10.9. The number of nitrogens with zero attached hydrogens (tertiary/aromatic N) is 2. The van der Waals surface area contributed by atoms with E-state index < -0.39 is 5.41 Å². The average Bonchev–Trinajstić information content (AvgIpc) is 2.52. The molecule has 0 aromatic heterocycles. The molecule has 0 radical (unpaired) electrons. The van der Waals surface area contributed by atoms with Crippen molar-refractivity contribution in [2.45, 2.75) is 52.6 Å². The Kier molecular flexibility index (Phi) is 4.76. The van der Waals surface area contributed by atoms with Gasteiger partial charge in [-0.3, -0.25) is 4.79 Å². The van der Waals surface area contributed by atoms with E-state index >= 15 is 0 Å². The first-order valence-electron chi connectivity index (χ1n) is 7.91.